The Morgan fingerprint density at radius 2 is 1.68 bits per heavy atom. The average molecular weight is 485 g/mol. The molecule has 7 heteroatoms. The van der Waals surface area contributed by atoms with E-state index in [1.165, 1.54) is 25.6 Å². The van der Waals surface area contributed by atoms with E-state index in [4.69, 9.17) is 0 Å². The maximum atomic E-state index is 13.6. The number of benzene rings is 1. The molecule has 1 spiro atoms. The van der Waals surface area contributed by atoms with E-state index in [1.54, 1.807) is 6.92 Å². The molecule has 34 heavy (non-hydrogen) atoms. The molecule has 0 aromatic heterocycles. The zero-order chi connectivity index (χ0) is 25.9. The molecule has 3 rings (SSSR count). The molecule has 1 aromatic rings. The molecule has 2 aliphatic rings. The van der Waals surface area contributed by atoms with Gasteiger partial charge in [-0.2, -0.15) is 0 Å². The number of halogens is 2. The first-order chi connectivity index (χ1) is 16.0. The van der Waals surface area contributed by atoms with Crippen molar-refractivity contribution in [3.63, 3.8) is 0 Å². The summed E-state index contributed by atoms with van der Waals surface area (Å²) in [4.78, 5) is 12.6. The minimum absolute atomic E-state index is 0.00282. The van der Waals surface area contributed by atoms with Gasteiger partial charge in [-0.15, -0.1) is 0 Å². The molecule has 5 nitrogen and oxygen atoms in total. The van der Waals surface area contributed by atoms with Gasteiger partial charge in [-0.3, -0.25) is 4.79 Å². The highest BCUT2D eigenvalue weighted by atomic mass is 19.1. The summed E-state index contributed by atoms with van der Waals surface area (Å²) in [5.74, 6) is -2.73. The van der Waals surface area contributed by atoms with Crippen molar-refractivity contribution in [2.75, 3.05) is 7.05 Å². The molecule has 4 atom stereocenters. The number of piperidine rings is 1. The zero-order valence-corrected chi connectivity index (χ0v) is 21.9. The second kappa shape index (κ2) is 14.1. The summed E-state index contributed by atoms with van der Waals surface area (Å²) in [6.07, 6.45) is 6.20. The molecule has 1 aliphatic heterocycles. The Kier molecular flexibility index (Phi) is 12.6. The molecule has 0 radical (unpaired) electrons. The molecule has 4 unspecified atom stereocenters. The minimum Gasteiger partial charge on any atom is -0.391 e. The maximum absolute atomic E-state index is 13.6. The third-order valence-electron chi connectivity index (χ3n) is 6.47. The van der Waals surface area contributed by atoms with Crippen molar-refractivity contribution in [2.24, 2.45) is 5.92 Å². The van der Waals surface area contributed by atoms with Crippen molar-refractivity contribution in [1.82, 2.24) is 10.6 Å². The van der Waals surface area contributed by atoms with Gasteiger partial charge in [0, 0.05) is 24.7 Å². The summed E-state index contributed by atoms with van der Waals surface area (Å²) in [6, 6.07) is 2.65. The second-order valence-electron chi connectivity index (χ2n) is 9.87. The van der Waals surface area contributed by atoms with Crippen LogP contribution in [0.1, 0.15) is 91.5 Å². The van der Waals surface area contributed by atoms with Gasteiger partial charge in [0.1, 0.15) is 11.6 Å². The van der Waals surface area contributed by atoms with E-state index in [0.29, 0.717) is 18.4 Å². The number of hydrogen-bond donors (Lipinski definition) is 4. The lowest BCUT2D eigenvalue weighted by Gasteiger charge is -2.52. The Hall–Kier alpha value is -1.57. The van der Waals surface area contributed by atoms with Gasteiger partial charge in [0.25, 0.3) is 0 Å². The Labute approximate surface area is 204 Å². The van der Waals surface area contributed by atoms with Gasteiger partial charge in [0.15, 0.2) is 0 Å². The van der Waals surface area contributed by atoms with E-state index in [0.717, 1.165) is 38.2 Å². The van der Waals surface area contributed by atoms with Crippen LogP contribution in [0.15, 0.2) is 18.2 Å². The highest BCUT2D eigenvalue weighted by Gasteiger charge is 2.48. The molecule has 1 saturated heterocycles. The normalized spacial score (nSPS) is 25.2. The maximum Gasteiger partial charge on any atom is 0.225 e. The SMILES string of the molecule is CC.CCC.CNC(=O)C(Cc1cc(F)cc(F)c1)C(O)C1CC(C)(O)CC2(CCCCC2)N1. The fraction of sp³-hybridized carbons (Fsp3) is 0.741. The fourth-order valence-corrected chi connectivity index (χ4v) is 5.34. The first kappa shape index (κ1) is 30.5. The third kappa shape index (κ3) is 8.90. The van der Waals surface area contributed by atoms with Crippen molar-refractivity contribution in [3.05, 3.63) is 35.4 Å². The topological polar surface area (TPSA) is 81.6 Å². The van der Waals surface area contributed by atoms with Gasteiger partial charge >= 0.3 is 0 Å². The highest BCUT2D eigenvalue weighted by molar-refractivity contribution is 5.79. The van der Waals surface area contributed by atoms with Crippen molar-refractivity contribution < 1.29 is 23.8 Å². The number of amides is 1. The number of rotatable bonds is 5. The van der Waals surface area contributed by atoms with E-state index >= 15 is 0 Å². The van der Waals surface area contributed by atoms with Gasteiger partial charge in [-0.25, -0.2) is 8.78 Å². The molecule has 1 heterocycles. The number of hydrogen-bond acceptors (Lipinski definition) is 4. The summed E-state index contributed by atoms with van der Waals surface area (Å²) >= 11 is 0. The molecule has 196 valence electrons. The molecule has 1 aliphatic carbocycles. The minimum atomic E-state index is -1.10. The number of aliphatic hydroxyl groups is 2. The van der Waals surface area contributed by atoms with Crippen LogP contribution in [0.3, 0.4) is 0 Å². The highest BCUT2D eigenvalue weighted by Crippen LogP contribution is 2.41. The van der Waals surface area contributed by atoms with E-state index in [-0.39, 0.29) is 12.0 Å². The van der Waals surface area contributed by atoms with Crippen LogP contribution in [0.5, 0.6) is 0 Å². The van der Waals surface area contributed by atoms with E-state index in [2.05, 4.69) is 24.5 Å². The molecule has 0 bridgehead atoms. The second-order valence-corrected chi connectivity index (χ2v) is 9.87. The Bertz CT molecular complexity index is 731. The number of aliphatic hydroxyl groups excluding tert-OH is 1. The molecule has 1 aromatic carbocycles. The zero-order valence-electron chi connectivity index (χ0n) is 21.9. The summed E-state index contributed by atoms with van der Waals surface area (Å²) < 4.78 is 27.2. The van der Waals surface area contributed by atoms with Gasteiger partial charge in [-0.05, 0) is 56.7 Å². The van der Waals surface area contributed by atoms with Crippen LogP contribution >= 0.6 is 0 Å². The molecule has 2 fully saturated rings. The van der Waals surface area contributed by atoms with Crippen LogP contribution in [0.2, 0.25) is 0 Å². The van der Waals surface area contributed by atoms with Crippen LogP contribution in [0.25, 0.3) is 0 Å². The monoisotopic (exact) mass is 484 g/mol. The largest absolute Gasteiger partial charge is 0.391 e. The summed E-state index contributed by atoms with van der Waals surface area (Å²) in [7, 11) is 1.47. The van der Waals surface area contributed by atoms with Crippen molar-refractivity contribution in [3.8, 4) is 0 Å². The smallest absolute Gasteiger partial charge is 0.225 e. The summed E-state index contributed by atoms with van der Waals surface area (Å²) in [5, 5.41) is 28.2. The van der Waals surface area contributed by atoms with Gasteiger partial charge in [-0.1, -0.05) is 53.4 Å². The fourth-order valence-electron chi connectivity index (χ4n) is 5.34. The van der Waals surface area contributed by atoms with Crippen molar-refractivity contribution in [2.45, 2.75) is 116 Å². The average Bonchev–Trinajstić information content (AvgIpc) is 2.77. The molecular formula is C27H46F2N2O3. The summed E-state index contributed by atoms with van der Waals surface area (Å²) in [6.45, 7) is 10.0. The lowest BCUT2D eigenvalue weighted by Crippen LogP contribution is -2.65. The van der Waals surface area contributed by atoms with Crippen molar-refractivity contribution in [1.29, 1.82) is 0 Å². The van der Waals surface area contributed by atoms with Crippen LogP contribution in [-0.2, 0) is 11.2 Å². The number of carbonyl (C=O) groups is 1. The number of nitrogens with one attached hydrogen (secondary N) is 2. The first-order valence-electron chi connectivity index (χ1n) is 12.9. The van der Waals surface area contributed by atoms with E-state index < -0.39 is 41.2 Å². The van der Waals surface area contributed by atoms with Crippen LogP contribution in [-0.4, -0.2) is 46.5 Å². The van der Waals surface area contributed by atoms with E-state index in [1.807, 2.05) is 13.8 Å². The number of carbonyl (C=O) groups excluding carboxylic acids is 1. The predicted octanol–water partition coefficient (Wildman–Crippen LogP) is 4.88. The molecular weight excluding hydrogens is 438 g/mol. The molecule has 1 amide bonds. The van der Waals surface area contributed by atoms with Gasteiger partial charge < -0.3 is 20.8 Å². The Balaban J connectivity index is 0.00000107. The molecule has 4 N–H and O–H groups in total. The van der Waals surface area contributed by atoms with Crippen molar-refractivity contribution >= 4 is 5.91 Å². The first-order valence-corrected chi connectivity index (χ1v) is 12.9. The van der Waals surface area contributed by atoms with Gasteiger partial charge in [0.05, 0.1) is 17.6 Å². The van der Waals surface area contributed by atoms with Crippen LogP contribution < -0.4 is 10.6 Å². The lowest BCUT2D eigenvalue weighted by molar-refractivity contribution is -0.131. The standard InChI is InChI=1S/C22H32F2N2O3.C3H8.C2H6/c1-21(29)12-18(26-22(13-21)6-4-3-5-7-22)19(27)17(20(28)25-2)10-14-8-15(23)11-16(24)9-14;1-3-2;1-2/h8-9,11,17-19,26-27,29H,3-7,10,12-13H2,1-2H3,(H,25,28);3H2,1-2H3;1-2H3. The lowest BCUT2D eigenvalue weighted by atomic mass is 9.68. The quantitative estimate of drug-likeness (QED) is 0.480. The summed E-state index contributed by atoms with van der Waals surface area (Å²) in [5.41, 5.74) is -0.888. The third-order valence-corrected chi connectivity index (χ3v) is 6.47. The van der Waals surface area contributed by atoms with E-state index in [9.17, 15) is 23.8 Å². The molecule has 1 saturated carbocycles. The van der Waals surface area contributed by atoms with Crippen LogP contribution in [0, 0.1) is 17.6 Å². The Morgan fingerprint density at radius 1 is 1.15 bits per heavy atom. The van der Waals surface area contributed by atoms with Crippen LogP contribution in [0.4, 0.5) is 8.78 Å². The Morgan fingerprint density at radius 3 is 2.18 bits per heavy atom. The predicted molar refractivity (Wildman–Crippen MR) is 134 cm³/mol. The van der Waals surface area contributed by atoms with Gasteiger partial charge in [0.2, 0.25) is 5.91 Å².